The van der Waals surface area contributed by atoms with Gasteiger partial charge >= 0.3 is 5.97 Å². The summed E-state index contributed by atoms with van der Waals surface area (Å²) >= 11 is 5.92. The predicted molar refractivity (Wildman–Crippen MR) is 57.1 cm³/mol. The summed E-state index contributed by atoms with van der Waals surface area (Å²) in [5.74, 6) is 0.0296. The lowest BCUT2D eigenvalue weighted by atomic mass is 10.2. The first kappa shape index (κ1) is 11.9. The van der Waals surface area contributed by atoms with Crippen LogP contribution in [0.15, 0.2) is 0 Å². The number of aryl methyl sites for hydroxylation is 1. The summed E-state index contributed by atoms with van der Waals surface area (Å²) < 4.78 is 4.89. The van der Waals surface area contributed by atoms with Gasteiger partial charge in [0.1, 0.15) is 11.0 Å². The minimum Gasteiger partial charge on any atom is -0.461 e. The summed E-state index contributed by atoms with van der Waals surface area (Å²) in [5, 5.41) is 0.327. The molecule has 1 heterocycles. The molecule has 0 aromatic carbocycles. The molecule has 0 unspecified atom stereocenters. The van der Waals surface area contributed by atoms with Gasteiger partial charge in [0.15, 0.2) is 5.69 Å². The van der Waals surface area contributed by atoms with Crippen molar-refractivity contribution < 1.29 is 9.53 Å². The Morgan fingerprint density at radius 3 is 2.60 bits per heavy atom. The van der Waals surface area contributed by atoms with Crippen LogP contribution in [-0.2, 0) is 11.2 Å². The van der Waals surface area contributed by atoms with Gasteiger partial charge in [0.2, 0.25) is 0 Å². The fourth-order valence-electron chi connectivity index (χ4n) is 1.24. The third kappa shape index (κ3) is 2.65. The van der Waals surface area contributed by atoms with Gasteiger partial charge in [-0.1, -0.05) is 18.5 Å². The lowest BCUT2D eigenvalue weighted by Crippen LogP contribution is -2.13. The van der Waals surface area contributed by atoms with Gasteiger partial charge in [0.05, 0.1) is 6.61 Å². The molecule has 0 bridgehead atoms. The zero-order chi connectivity index (χ0) is 11.4. The monoisotopic (exact) mass is 228 g/mol. The van der Waals surface area contributed by atoms with Crippen molar-refractivity contribution in [3.63, 3.8) is 0 Å². The molecule has 0 saturated carbocycles. The molecule has 0 aliphatic rings. The Balaban J connectivity index is 3.20. The van der Waals surface area contributed by atoms with Crippen LogP contribution in [0.1, 0.15) is 35.7 Å². The van der Waals surface area contributed by atoms with E-state index in [0.717, 1.165) is 0 Å². The molecule has 0 atom stereocenters. The predicted octanol–water partition coefficient (Wildman–Crippen LogP) is 2.18. The second-order valence-electron chi connectivity index (χ2n) is 2.96. The number of esters is 1. The third-order valence-electron chi connectivity index (χ3n) is 1.89. The lowest BCUT2D eigenvalue weighted by Gasteiger charge is -2.08. The van der Waals surface area contributed by atoms with E-state index in [1.165, 1.54) is 0 Å². The van der Waals surface area contributed by atoms with Crippen LogP contribution in [0.5, 0.6) is 0 Å². The number of carbonyl (C=O) groups excluding carboxylic acids is 1. The van der Waals surface area contributed by atoms with Crippen molar-refractivity contribution in [1.29, 1.82) is 0 Å². The van der Waals surface area contributed by atoms with E-state index in [9.17, 15) is 4.79 Å². The highest BCUT2D eigenvalue weighted by Crippen LogP contribution is 2.18. The number of nitrogens with zero attached hydrogens (tertiary/aromatic N) is 2. The number of aromatic nitrogens is 2. The summed E-state index contributed by atoms with van der Waals surface area (Å²) in [4.78, 5) is 19.6. The van der Waals surface area contributed by atoms with E-state index in [1.807, 2.05) is 6.92 Å². The van der Waals surface area contributed by atoms with Gasteiger partial charge in [-0.25, -0.2) is 14.8 Å². The molecule has 82 valence electrons. The first-order valence-electron chi connectivity index (χ1n) is 4.80. The highest BCUT2D eigenvalue weighted by atomic mass is 35.5. The van der Waals surface area contributed by atoms with E-state index >= 15 is 0 Å². The van der Waals surface area contributed by atoms with Crippen LogP contribution in [-0.4, -0.2) is 22.5 Å². The molecule has 0 spiro atoms. The van der Waals surface area contributed by atoms with Crippen molar-refractivity contribution in [3.8, 4) is 0 Å². The van der Waals surface area contributed by atoms with Gasteiger partial charge in [0, 0.05) is 5.56 Å². The maximum atomic E-state index is 11.6. The molecule has 0 saturated heterocycles. The molecule has 5 heteroatoms. The van der Waals surface area contributed by atoms with E-state index in [-0.39, 0.29) is 5.69 Å². The molecule has 15 heavy (non-hydrogen) atoms. The van der Waals surface area contributed by atoms with Crippen LogP contribution in [0.4, 0.5) is 0 Å². The molecule has 0 fully saturated rings. The van der Waals surface area contributed by atoms with E-state index < -0.39 is 5.97 Å². The number of halogens is 1. The van der Waals surface area contributed by atoms with Gasteiger partial charge < -0.3 is 4.74 Å². The van der Waals surface area contributed by atoms with Gasteiger partial charge in [-0.15, -0.1) is 0 Å². The van der Waals surface area contributed by atoms with Crippen LogP contribution in [0.25, 0.3) is 0 Å². The topological polar surface area (TPSA) is 52.1 Å². The molecule has 0 radical (unpaired) electrons. The summed E-state index contributed by atoms with van der Waals surface area (Å²) in [6, 6.07) is 0. The van der Waals surface area contributed by atoms with E-state index in [2.05, 4.69) is 9.97 Å². The molecule has 0 amide bonds. The number of carbonyl (C=O) groups is 1. The molecular weight excluding hydrogens is 216 g/mol. The smallest absolute Gasteiger partial charge is 0.357 e. The molecule has 1 rings (SSSR count). The zero-order valence-corrected chi connectivity index (χ0v) is 9.76. The van der Waals surface area contributed by atoms with Crippen LogP contribution in [0.3, 0.4) is 0 Å². The fourth-order valence-corrected chi connectivity index (χ4v) is 1.59. The Labute approximate surface area is 93.6 Å². The van der Waals surface area contributed by atoms with Crippen molar-refractivity contribution in [2.45, 2.75) is 27.2 Å². The zero-order valence-electron chi connectivity index (χ0n) is 9.00. The van der Waals surface area contributed by atoms with E-state index in [1.54, 1.807) is 13.8 Å². The van der Waals surface area contributed by atoms with Gasteiger partial charge in [-0.05, 0) is 20.3 Å². The van der Waals surface area contributed by atoms with E-state index in [4.69, 9.17) is 16.3 Å². The standard InChI is InChI=1S/C10H13ClN2O2/c1-4-7-8(10(14)15-5-2)12-6(3)13-9(7)11/h4-5H2,1-3H3. The summed E-state index contributed by atoms with van der Waals surface area (Å²) in [6.45, 7) is 5.65. The molecule has 1 aromatic heterocycles. The normalized spacial score (nSPS) is 10.1. The van der Waals surface area contributed by atoms with Crippen molar-refractivity contribution in [2.24, 2.45) is 0 Å². The summed E-state index contributed by atoms with van der Waals surface area (Å²) in [6.07, 6.45) is 0.604. The van der Waals surface area contributed by atoms with Crippen LogP contribution >= 0.6 is 11.6 Å². The average molecular weight is 229 g/mol. The van der Waals surface area contributed by atoms with Crippen molar-refractivity contribution in [2.75, 3.05) is 6.61 Å². The van der Waals surface area contributed by atoms with Crippen LogP contribution < -0.4 is 0 Å². The molecule has 1 aromatic rings. The number of ether oxygens (including phenoxy) is 1. The Bertz CT molecular complexity index is 380. The third-order valence-corrected chi connectivity index (χ3v) is 2.20. The van der Waals surface area contributed by atoms with Crippen molar-refractivity contribution in [3.05, 3.63) is 22.2 Å². The average Bonchev–Trinajstić information content (AvgIpc) is 2.17. The lowest BCUT2D eigenvalue weighted by molar-refractivity contribution is 0.0517. The van der Waals surface area contributed by atoms with Crippen LogP contribution in [0, 0.1) is 6.92 Å². The number of hydrogen-bond acceptors (Lipinski definition) is 4. The Hall–Kier alpha value is -1.16. The van der Waals surface area contributed by atoms with Gasteiger partial charge in [-0.3, -0.25) is 0 Å². The minimum absolute atomic E-state index is 0.275. The van der Waals surface area contributed by atoms with Crippen LogP contribution in [0.2, 0.25) is 5.15 Å². The highest BCUT2D eigenvalue weighted by molar-refractivity contribution is 6.30. The van der Waals surface area contributed by atoms with Crippen molar-refractivity contribution in [1.82, 2.24) is 9.97 Å². The van der Waals surface area contributed by atoms with Gasteiger partial charge in [0.25, 0.3) is 0 Å². The van der Waals surface area contributed by atoms with Gasteiger partial charge in [-0.2, -0.15) is 0 Å². The summed E-state index contributed by atoms with van der Waals surface area (Å²) in [7, 11) is 0. The Kier molecular flexibility index (Phi) is 4.03. The second-order valence-corrected chi connectivity index (χ2v) is 3.32. The summed E-state index contributed by atoms with van der Waals surface area (Å²) in [5.41, 5.74) is 0.914. The first-order valence-corrected chi connectivity index (χ1v) is 5.18. The first-order chi connectivity index (χ1) is 7.10. The molecular formula is C10H13ClN2O2. The second kappa shape index (κ2) is 5.07. The Morgan fingerprint density at radius 1 is 1.40 bits per heavy atom. The Morgan fingerprint density at radius 2 is 2.07 bits per heavy atom. The fraction of sp³-hybridized carbons (Fsp3) is 0.500. The SMILES string of the molecule is CCOC(=O)c1nc(C)nc(Cl)c1CC. The quantitative estimate of drug-likeness (QED) is 0.588. The highest BCUT2D eigenvalue weighted by Gasteiger charge is 2.17. The maximum absolute atomic E-state index is 11.6. The molecule has 0 aliphatic carbocycles. The maximum Gasteiger partial charge on any atom is 0.357 e. The number of rotatable bonds is 3. The van der Waals surface area contributed by atoms with E-state index in [0.29, 0.717) is 29.6 Å². The minimum atomic E-state index is -0.443. The largest absolute Gasteiger partial charge is 0.461 e. The number of hydrogen-bond donors (Lipinski definition) is 0. The molecule has 4 nitrogen and oxygen atoms in total. The molecule has 0 aliphatic heterocycles. The van der Waals surface area contributed by atoms with Crippen molar-refractivity contribution >= 4 is 17.6 Å². The molecule has 0 N–H and O–H groups in total.